The van der Waals surface area contributed by atoms with Gasteiger partial charge in [-0.2, -0.15) is 13.2 Å². The highest BCUT2D eigenvalue weighted by atomic mass is 32.2. The van der Waals surface area contributed by atoms with Crippen molar-refractivity contribution in [3.63, 3.8) is 0 Å². The third-order valence-corrected chi connectivity index (χ3v) is 10.5. The number of rotatable bonds is 21. The van der Waals surface area contributed by atoms with E-state index < -0.39 is 17.7 Å². The molecule has 0 atom stereocenters. The van der Waals surface area contributed by atoms with Crippen LogP contribution in [-0.4, -0.2) is 78.4 Å². The lowest BCUT2D eigenvalue weighted by atomic mass is 10.1. The molecule has 2 aliphatic heterocycles. The fourth-order valence-corrected chi connectivity index (χ4v) is 7.50. The summed E-state index contributed by atoms with van der Waals surface area (Å²) in [6, 6.07) is 11.9. The van der Waals surface area contributed by atoms with Gasteiger partial charge in [-0.05, 0) is 75.4 Å². The lowest BCUT2D eigenvalue weighted by Crippen LogP contribution is -2.47. The van der Waals surface area contributed by atoms with Crippen LogP contribution in [0, 0.1) is 0 Å². The molecule has 2 aromatic rings. The van der Waals surface area contributed by atoms with Crippen LogP contribution in [0.4, 0.5) is 24.5 Å². The minimum Gasteiger partial charge on any atom is -0.481 e. The Kier molecular flexibility index (Phi) is 20.0. The summed E-state index contributed by atoms with van der Waals surface area (Å²) < 4.78 is 39.9. The zero-order valence-corrected chi connectivity index (χ0v) is 31.0. The molecule has 0 saturated carbocycles. The van der Waals surface area contributed by atoms with Crippen molar-refractivity contribution in [3.8, 4) is 0 Å². The van der Waals surface area contributed by atoms with Crippen molar-refractivity contribution < 1.29 is 28.2 Å². The maximum atomic E-state index is 13.3. The molecule has 4 rings (SSSR count). The van der Waals surface area contributed by atoms with Crippen LogP contribution in [0.5, 0.6) is 0 Å². The Balaban J connectivity index is 0.000000297. The second-order valence-corrected chi connectivity index (χ2v) is 14.5. The van der Waals surface area contributed by atoms with Gasteiger partial charge < -0.3 is 20.0 Å². The van der Waals surface area contributed by atoms with Gasteiger partial charge in [0.2, 0.25) is 0 Å². The number of halogens is 3. The molecule has 280 valence electrons. The monoisotopic (exact) mass is 719 g/mol. The van der Waals surface area contributed by atoms with Gasteiger partial charge in [-0.1, -0.05) is 94.3 Å². The largest absolute Gasteiger partial charge is 0.481 e. The van der Waals surface area contributed by atoms with E-state index in [-0.39, 0.29) is 6.61 Å². The Morgan fingerprint density at radius 3 is 1.94 bits per heavy atom. The zero-order chi connectivity index (χ0) is 36.0. The number of β-amino-alcohol motifs (C(OH)–C–C–N with tert-alkyl or cyclic N) is 1. The van der Waals surface area contributed by atoms with Crippen LogP contribution < -0.4 is 4.90 Å². The van der Waals surface area contributed by atoms with Crippen molar-refractivity contribution in [2.24, 2.45) is 0 Å². The molecule has 6 nitrogen and oxygen atoms in total. The fourth-order valence-electron chi connectivity index (χ4n) is 6.42. The van der Waals surface area contributed by atoms with E-state index in [9.17, 15) is 18.0 Å². The van der Waals surface area contributed by atoms with Crippen LogP contribution >= 0.6 is 11.8 Å². The van der Waals surface area contributed by atoms with Gasteiger partial charge in [-0.3, -0.25) is 9.69 Å². The van der Waals surface area contributed by atoms with Crippen LogP contribution in [0.2, 0.25) is 0 Å². The summed E-state index contributed by atoms with van der Waals surface area (Å²) in [5.41, 5.74) is 1.01. The van der Waals surface area contributed by atoms with E-state index in [2.05, 4.69) is 28.9 Å². The highest BCUT2D eigenvalue weighted by molar-refractivity contribution is 7.99. The van der Waals surface area contributed by atoms with Gasteiger partial charge in [0.05, 0.1) is 23.5 Å². The molecule has 2 aliphatic rings. The van der Waals surface area contributed by atoms with Crippen molar-refractivity contribution in [2.45, 2.75) is 119 Å². The smallest absolute Gasteiger partial charge is 0.416 e. The molecule has 1 fully saturated rings. The molecule has 0 bridgehead atoms. The molecule has 2 aromatic carbocycles. The van der Waals surface area contributed by atoms with Crippen LogP contribution in [0.15, 0.2) is 64.4 Å². The average molecular weight is 720 g/mol. The number of alkyl halides is 3. The van der Waals surface area contributed by atoms with Gasteiger partial charge in [0, 0.05) is 55.5 Å². The molecule has 0 aliphatic carbocycles. The van der Waals surface area contributed by atoms with Gasteiger partial charge in [-0.25, -0.2) is 0 Å². The van der Waals surface area contributed by atoms with Gasteiger partial charge in [-0.15, -0.1) is 0 Å². The first-order chi connectivity index (χ1) is 24.2. The lowest BCUT2D eigenvalue weighted by molar-refractivity contribution is -0.138. The standard InChI is InChI=1S/C22H26F3N3OS.C18H34O2/c23-22(24,25)17-6-7-21-19(16-17)28(18-4-1-2-5-20(18)30-21)9-3-8-26-10-12-27(13-11-26)14-15-29;1-2-3-4-5-6-7-8-9-10-11-12-13-14-15-16-17-18(19)20/h1-2,4-7,16,29H,3,8-15H2;9-10H,2-8,11-17H2,1H3,(H,19,20). The second kappa shape index (κ2) is 23.8. The average Bonchev–Trinajstić information content (AvgIpc) is 3.10. The summed E-state index contributed by atoms with van der Waals surface area (Å²) in [5, 5.41) is 17.6. The topological polar surface area (TPSA) is 67.2 Å². The molecule has 50 heavy (non-hydrogen) atoms. The summed E-state index contributed by atoms with van der Waals surface area (Å²) >= 11 is 1.53. The normalized spacial score (nSPS) is 15.1. The Labute approximate surface area is 303 Å². The number of aliphatic hydroxyl groups excluding tert-OH is 1. The number of benzene rings is 2. The molecule has 0 aromatic heterocycles. The number of nitrogens with zero attached hydrogens (tertiary/aromatic N) is 3. The summed E-state index contributed by atoms with van der Waals surface area (Å²) in [4.78, 5) is 18.9. The predicted molar refractivity (Wildman–Crippen MR) is 201 cm³/mol. The summed E-state index contributed by atoms with van der Waals surface area (Å²) in [6.45, 7) is 8.55. The van der Waals surface area contributed by atoms with Crippen molar-refractivity contribution >= 4 is 29.1 Å². The molecule has 10 heteroatoms. The third kappa shape index (κ3) is 15.8. The van der Waals surface area contributed by atoms with E-state index in [0.29, 0.717) is 25.2 Å². The molecule has 0 radical (unpaired) electrons. The number of fused-ring (bicyclic) bond motifs is 2. The summed E-state index contributed by atoms with van der Waals surface area (Å²) in [5.74, 6) is -0.664. The van der Waals surface area contributed by atoms with Crippen molar-refractivity contribution in [1.29, 1.82) is 0 Å². The number of hydrogen-bond acceptors (Lipinski definition) is 6. The van der Waals surface area contributed by atoms with Crippen LogP contribution in [0.1, 0.15) is 109 Å². The Morgan fingerprint density at radius 1 is 0.740 bits per heavy atom. The van der Waals surface area contributed by atoms with E-state index in [1.807, 2.05) is 29.2 Å². The van der Waals surface area contributed by atoms with Crippen LogP contribution in [-0.2, 0) is 11.0 Å². The molecule has 0 unspecified atom stereocenters. The van der Waals surface area contributed by atoms with Gasteiger partial charge in [0.15, 0.2) is 0 Å². The summed E-state index contributed by atoms with van der Waals surface area (Å²) in [7, 11) is 0. The Hall–Kier alpha value is -2.53. The SMILES string of the molecule is CCCCCCCCC=CCCCCCCCC(=O)O.OCCN1CCN(CCCN2c3ccccc3Sc3ccc(C(F)(F)F)cc32)CC1. The number of aliphatic hydroxyl groups is 1. The first-order valence-electron chi connectivity index (χ1n) is 18.9. The van der Waals surface area contributed by atoms with E-state index in [1.165, 1.54) is 94.5 Å². The first kappa shape index (κ1) is 41.9. The molecule has 2 N–H and O–H groups in total. The number of piperazine rings is 1. The minimum atomic E-state index is -4.35. The Morgan fingerprint density at radius 2 is 1.32 bits per heavy atom. The van der Waals surface area contributed by atoms with Crippen molar-refractivity contribution in [2.75, 3.05) is 57.3 Å². The minimum absolute atomic E-state index is 0.186. The molecule has 0 spiro atoms. The zero-order valence-electron chi connectivity index (χ0n) is 30.1. The first-order valence-corrected chi connectivity index (χ1v) is 19.7. The predicted octanol–water partition coefficient (Wildman–Crippen LogP) is 10.4. The molecule has 2 heterocycles. The molecular formula is C40H60F3N3O3S. The molecular weight excluding hydrogens is 660 g/mol. The number of carboxylic acid groups (broad SMARTS) is 1. The lowest BCUT2D eigenvalue weighted by Gasteiger charge is -2.36. The fraction of sp³-hybridized carbons (Fsp3) is 0.625. The third-order valence-electron chi connectivity index (χ3n) is 9.34. The van der Waals surface area contributed by atoms with Crippen LogP contribution in [0.25, 0.3) is 0 Å². The number of aliphatic carboxylic acids is 1. The van der Waals surface area contributed by atoms with Crippen molar-refractivity contribution in [1.82, 2.24) is 9.80 Å². The molecule has 0 amide bonds. The highest BCUT2D eigenvalue weighted by Crippen LogP contribution is 2.49. The maximum absolute atomic E-state index is 13.3. The number of para-hydroxylation sites is 1. The van der Waals surface area contributed by atoms with E-state index >= 15 is 0 Å². The second-order valence-electron chi connectivity index (χ2n) is 13.4. The molecule has 1 saturated heterocycles. The van der Waals surface area contributed by atoms with Gasteiger partial charge >= 0.3 is 12.1 Å². The number of hydrogen-bond donors (Lipinski definition) is 2. The quantitative estimate of drug-likeness (QED) is 0.0983. The Bertz CT molecular complexity index is 1270. The number of allylic oxidation sites excluding steroid dienone is 2. The van der Waals surface area contributed by atoms with E-state index in [1.54, 1.807) is 6.07 Å². The van der Waals surface area contributed by atoms with E-state index in [0.717, 1.165) is 67.5 Å². The van der Waals surface area contributed by atoms with E-state index in [4.69, 9.17) is 10.2 Å². The van der Waals surface area contributed by atoms with Crippen LogP contribution in [0.3, 0.4) is 0 Å². The van der Waals surface area contributed by atoms with Gasteiger partial charge in [0.1, 0.15) is 0 Å². The number of anilines is 2. The highest BCUT2D eigenvalue weighted by Gasteiger charge is 2.33. The summed E-state index contributed by atoms with van der Waals surface area (Å²) in [6.07, 6.45) is 17.8. The number of carboxylic acids is 1. The van der Waals surface area contributed by atoms with Crippen molar-refractivity contribution in [3.05, 3.63) is 60.2 Å². The number of carbonyl (C=O) groups is 1. The number of unbranched alkanes of at least 4 members (excludes halogenated alkanes) is 11. The maximum Gasteiger partial charge on any atom is 0.416 e. The van der Waals surface area contributed by atoms with Gasteiger partial charge in [0.25, 0.3) is 0 Å².